The third-order valence-corrected chi connectivity index (χ3v) is 6.50. The van der Waals surface area contributed by atoms with E-state index < -0.39 is 17.5 Å². The fourth-order valence-electron chi connectivity index (χ4n) is 4.83. The van der Waals surface area contributed by atoms with E-state index in [0.717, 1.165) is 36.3 Å². The van der Waals surface area contributed by atoms with Crippen molar-refractivity contribution in [1.29, 1.82) is 0 Å². The van der Waals surface area contributed by atoms with Crippen molar-refractivity contribution in [2.45, 2.75) is 85.0 Å². The van der Waals surface area contributed by atoms with Gasteiger partial charge in [0, 0.05) is 0 Å². The maximum absolute atomic E-state index is 13.3. The van der Waals surface area contributed by atoms with Gasteiger partial charge >= 0.3 is 0 Å². The second-order valence-corrected chi connectivity index (χ2v) is 8.21. The van der Waals surface area contributed by atoms with E-state index in [1.165, 1.54) is 51.4 Å². The van der Waals surface area contributed by atoms with Gasteiger partial charge in [-0.15, -0.1) is 0 Å². The minimum atomic E-state index is -1.36. The highest BCUT2D eigenvalue weighted by Crippen LogP contribution is 2.42. The summed E-state index contributed by atoms with van der Waals surface area (Å²) in [7, 11) is 0. The predicted octanol–water partition coefficient (Wildman–Crippen LogP) is 7.70. The standard InChI is InChI=1S/C21H29F3.C2H6/c1-14-2-8-17(9-3-14)18-10-6-15(7-11-18)4-5-16-12-19(22)21(24)20(23)13-16;1-2/h12-15,17-18H,2-11H2,1H3;1-2H3. The Bertz CT molecular complexity index is 515. The topological polar surface area (TPSA) is 0 Å². The molecule has 1 aromatic rings. The fraction of sp³-hybridized carbons (Fsp3) is 0.739. The molecule has 0 saturated heterocycles. The highest BCUT2D eigenvalue weighted by Gasteiger charge is 2.29. The van der Waals surface area contributed by atoms with Crippen molar-refractivity contribution >= 4 is 0 Å². The van der Waals surface area contributed by atoms with Crippen molar-refractivity contribution in [3.8, 4) is 0 Å². The van der Waals surface area contributed by atoms with E-state index >= 15 is 0 Å². The SMILES string of the molecule is CC.CC1CCC(C2CCC(CCc3cc(F)c(F)c(F)c3)CC2)CC1. The summed E-state index contributed by atoms with van der Waals surface area (Å²) in [4.78, 5) is 0. The zero-order chi connectivity index (χ0) is 19.1. The first kappa shape index (κ1) is 21.3. The molecular weight excluding hydrogens is 333 g/mol. The van der Waals surface area contributed by atoms with Gasteiger partial charge < -0.3 is 0 Å². The molecule has 3 heteroatoms. The Morgan fingerprint density at radius 3 is 1.73 bits per heavy atom. The van der Waals surface area contributed by atoms with Crippen LogP contribution in [0.1, 0.15) is 84.1 Å². The van der Waals surface area contributed by atoms with E-state index in [-0.39, 0.29) is 0 Å². The van der Waals surface area contributed by atoms with Gasteiger partial charge in [-0.1, -0.05) is 46.5 Å². The van der Waals surface area contributed by atoms with Gasteiger partial charge in [0.25, 0.3) is 0 Å². The fourth-order valence-corrected chi connectivity index (χ4v) is 4.83. The summed E-state index contributed by atoms with van der Waals surface area (Å²) in [5.74, 6) is -0.104. The van der Waals surface area contributed by atoms with Crippen LogP contribution in [0.25, 0.3) is 0 Å². The van der Waals surface area contributed by atoms with E-state index in [1.807, 2.05) is 13.8 Å². The molecule has 0 atom stereocenters. The highest BCUT2D eigenvalue weighted by atomic mass is 19.2. The molecule has 2 saturated carbocycles. The summed E-state index contributed by atoms with van der Waals surface area (Å²) < 4.78 is 39.6. The molecule has 0 spiro atoms. The van der Waals surface area contributed by atoms with Crippen molar-refractivity contribution in [3.05, 3.63) is 35.1 Å². The third kappa shape index (κ3) is 5.76. The molecule has 0 amide bonds. The predicted molar refractivity (Wildman–Crippen MR) is 103 cm³/mol. The van der Waals surface area contributed by atoms with Crippen LogP contribution in [-0.2, 0) is 6.42 Å². The van der Waals surface area contributed by atoms with Gasteiger partial charge in [-0.25, -0.2) is 13.2 Å². The second kappa shape index (κ2) is 10.4. The van der Waals surface area contributed by atoms with E-state index in [9.17, 15) is 13.2 Å². The average Bonchev–Trinajstić information content (AvgIpc) is 2.67. The van der Waals surface area contributed by atoms with Crippen LogP contribution in [0.15, 0.2) is 12.1 Å². The first-order chi connectivity index (χ1) is 12.5. The molecule has 0 bridgehead atoms. The molecule has 2 fully saturated rings. The van der Waals surface area contributed by atoms with Crippen LogP contribution in [0, 0.1) is 41.1 Å². The van der Waals surface area contributed by atoms with Crippen molar-refractivity contribution in [2.75, 3.05) is 0 Å². The number of hydrogen-bond donors (Lipinski definition) is 0. The smallest absolute Gasteiger partial charge is 0.194 e. The lowest BCUT2D eigenvalue weighted by Gasteiger charge is -2.37. The summed E-state index contributed by atoms with van der Waals surface area (Å²) >= 11 is 0. The maximum atomic E-state index is 13.3. The van der Waals surface area contributed by atoms with Crippen LogP contribution in [0.4, 0.5) is 13.2 Å². The zero-order valence-corrected chi connectivity index (χ0v) is 16.7. The summed E-state index contributed by atoms with van der Waals surface area (Å²) in [5, 5.41) is 0. The Morgan fingerprint density at radius 2 is 1.23 bits per heavy atom. The molecule has 3 rings (SSSR count). The molecule has 0 aromatic heterocycles. The molecule has 0 aliphatic heterocycles. The summed E-state index contributed by atoms with van der Waals surface area (Å²) in [6.45, 7) is 6.37. The molecule has 0 nitrogen and oxygen atoms in total. The van der Waals surface area contributed by atoms with E-state index in [1.54, 1.807) is 0 Å². The van der Waals surface area contributed by atoms with E-state index in [4.69, 9.17) is 0 Å². The molecule has 0 N–H and O–H groups in total. The maximum Gasteiger partial charge on any atom is 0.194 e. The van der Waals surface area contributed by atoms with Gasteiger partial charge in [-0.05, 0) is 79.9 Å². The lowest BCUT2D eigenvalue weighted by Crippen LogP contribution is -2.25. The molecule has 26 heavy (non-hydrogen) atoms. The Labute approximate surface area is 157 Å². The minimum Gasteiger partial charge on any atom is -0.204 e. The van der Waals surface area contributed by atoms with Gasteiger partial charge in [-0.3, -0.25) is 0 Å². The van der Waals surface area contributed by atoms with Crippen LogP contribution >= 0.6 is 0 Å². The molecule has 2 aliphatic rings. The first-order valence-electron chi connectivity index (χ1n) is 10.7. The monoisotopic (exact) mass is 368 g/mol. The Morgan fingerprint density at radius 1 is 0.769 bits per heavy atom. The Balaban J connectivity index is 0.00000117. The van der Waals surface area contributed by atoms with Gasteiger partial charge in [-0.2, -0.15) is 0 Å². The van der Waals surface area contributed by atoms with Crippen molar-refractivity contribution < 1.29 is 13.2 Å². The summed E-state index contributed by atoms with van der Waals surface area (Å²) in [6, 6.07) is 2.29. The van der Waals surface area contributed by atoms with Gasteiger partial charge in [0.1, 0.15) is 0 Å². The highest BCUT2D eigenvalue weighted by molar-refractivity contribution is 5.19. The van der Waals surface area contributed by atoms with Crippen LogP contribution in [-0.4, -0.2) is 0 Å². The molecule has 2 aliphatic carbocycles. The number of aryl methyl sites for hydroxylation is 1. The molecule has 1 aromatic carbocycles. The van der Waals surface area contributed by atoms with E-state index in [2.05, 4.69) is 6.92 Å². The van der Waals surface area contributed by atoms with Crippen molar-refractivity contribution in [2.24, 2.45) is 23.7 Å². The van der Waals surface area contributed by atoms with Crippen molar-refractivity contribution in [1.82, 2.24) is 0 Å². The normalized spacial score (nSPS) is 29.0. The van der Waals surface area contributed by atoms with E-state index in [0.29, 0.717) is 17.9 Å². The Kier molecular flexibility index (Phi) is 8.50. The van der Waals surface area contributed by atoms with Crippen LogP contribution in [0.2, 0.25) is 0 Å². The zero-order valence-electron chi connectivity index (χ0n) is 16.7. The van der Waals surface area contributed by atoms with Crippen LogP contribution < -0.4 is 0 Å². The van der Waals surface area contributed by atoms with Crippen LogP contribution in [0.5, 0.6) is 0 Å². The summed E-state index contributed by atoms with van der Waals surface area (Å²) in [5.41, 5.74) is 0.579. The average molecular weight is 369 g/mol. The quantitative estimate of drug-likeness (QED) is 0.478. The number of hydrogen-bond acceptors (Lipinski definition) is 0. The first-order valence-corrected chi connectivity index (χ1v) is 10.7. The number of rotatable bonds is 4. The van der Waals surface area contributed by atoms with Gasteiger partial charge in [0.05, 0.1) is 0 Å². The molecule has 0 unspecified atom stereocenters. The second-order valence-electron chi connectivity index (χ2n) is 8.21. The summed E-state index contributed by atoms with van der Waals surface area (Å²) in [6.07, 6.45) is 12.3. The number of halogens is 3. The largest absolute Gasteiger partial charge is 0.204 e. The Hall–Kier alpha value is -0.990. The number of benzene rings is 1. The minimum absolute atomic E-state index is 0.579. The lowest BCUT2D eigenvalue weighted by molar-refractivity contribution is 0.148. The molecule has 0 radical (unpaired) electrons. The third-order valence-electron chi connectivity index (χ3n) is 6.50. The lowest BCUT2D eigenvalue weighted by atomic mass is 9.69. The van der Waals surface area contributed by atoms with Crippen LogP contribution in [0.3, 0.4) is 0 Å². The molecule has 148 valence electrons. The molecule has 0 heterocycles. The van der Waals surface area contributed by atoms with Crippen molar-refractivity contribution in [3.63, 3.8) is 0 Å². The molecular formula is C23H35F3. The van der Waals surface area contributed by atoms with Gasteiger partial charge in [0.2, 0.25) is 0 Å². The van der Waals surface area contributed by atoms with Gasteiger partial charge in [0.15, 0.2) is 17.5 Å².